The maximum Gasteiger partial charge on any atom is 0.192 e. The van der Waals surface area contributed by atoms with E-state index in [4.69, 9.17) is 5.53 Å². The number of rotatable bonds is 1. The highest BCUT2D eigenvalue weighted by Crippen LogP contribution is 1.93. The van der Waals surface area contributed by atoms with Crippen molar-refractivity contribution in [1.82, 2.24) is 10.1 Å². The number of azide groups is 1. The van der Waals surface area contributed by atoms with Gasteiger partial charge in [0.1, 0.15) is 0 Å². The first kappa shape index (κ1) is 3.60. The van der Waals surface area contributed by atoms with Gasteiger partial charge in [0.05, 0.1) is 5.23 Å². The van der Waals surface area contributed by atoms with Gasteiger partial charge in [-0.1, -0.05) is 0 Å². The molecule has 1 rings (SSSR count). The van der Waals surface area contributed by atoms with Crippen molar-refractivity contribution in [2.75, 3.05) is 0 Å². The minimum absolute atomic E-state index is 0.778. The third-order valence-electron chi connectivity index (χ3n) is 0.360. The number of hydrogen-bond acceptors (Lipinski definition) is 3. The predicted molar refractivity (Wildman–Crippen MR) is 18.0 cm³/mol. The zero-order valence-corrected chi connectivity index (χ0v) is 3.13. The molecule has 0 bridgehead atoms. The molecular formula is N7+. The average Bonchev–Trinajstić information content (AvgIpc) is 1.55. The quantitative estimate of drug-likeness (QED) is 0.264. The van der Waals surface area contributed by atoms with E-state index in [1.54, 1.807) is 0 Å². The molecule has 1 heterocycles. The van der Waals surface area contributed by atoms with Crippen molar-refractivity contribution in [2.24, 2.45) is 15.7 Å². The van der Waals surface area contributed by atoms with Gasteiger partial charge in [0, 0.05) is 10.1 Å². The lowest BCUT2D eigenvalue weighted by molar-refractivity contribution is 0.194. The van der Waals surface area contributed by atoms with Gasteiger partial charge in [-0.15, -0.1) is 5.53 Å². The monoisotopic (exact) mass is 98.0 g/mol. The molecule has 0 saturated carbocycles. The lowest BCUT2D eigenvalue weighted by Crippen LogP contribution is -2.06. The summed E-state index contributed by atoms with van der Waals surface area (Å²) >= 11 is 0. The van der Waals surface area contributed by atoms with Crippen LogP contribution in [0.5, 0.6) is 0 Å². The molecule has 34 valence electrons. The molecule has 1 aliphatic heterocycles. The Labute approximate surface area is 37.5 Å². The highest BCUT2D eigenvalue weighted by Gasteiger charge is 2.07. The molecule has 1 aliphatic rings. The van der Waals surface area contributed by atoms with Crippen molar-refractivity contribution >= 4 is 0 Å². The van der Waals surface area contributed by atoms with Gasteiger partial charge in [0.2, 0.25) is 0 Å². The van der Waals surface area contributed by atoms with Gasteiger partial charge in [-0.3, -0.25) is 0 Å². The second kappa shape index (κ2) is 1.25. The van der Waals surface area contributed by atoms with E-state index in [-0.39, 0.29) is 0 Å². The van der Waals surface area contributed by atoms with Crippen LogP contribution >= 0.6 is 0 Å². The predicted octanol–water partition coefficient (Wildman–Crippen LogP) is 0.329. The second-order valence-corrected chi connectivity index (χ2v) is 0.716. The van der Waals surface area contributed by atoms with E-state index in [0.717, 1.165) is 5.23 Å². The van der Waals surface area contributed by atoms with Crippen LogP contribution in [-0.2, 0) is 0 Å². The Hall–Kier alpha value is -1.58. The Morgan fingerprint density at radius 3 is 2.57 bits per heavy atom. The Kier molecular flexibility index (Phi) is 0.646. The maximum absolute atomic E-state index is 7.66. The van der Waals surface area contributed by atoms with E-state index < -0.39 is 0 Å². The topological polar surface area (TPSA) is 90.8 Å². The van der Waals surface area contributed by atoms with E-state index in [2.05, 4.69) is 25.5 Å². The van der Waals surface area contributed by atoms with Crippen LogP contribution in [0, 0.1) is 0 Å². The molecule has 7 nitrogen and oxygen atoms in total. The molecule has 0 aromatic rings. The molecule has 0 N–H and O–H groups in total. The van der Waals surface area contributed by atoms with E-state index in [9.17, 15) is 0 Å². The second-order valence-electron chi connectivity index (χ2n) is 0.716. The summed E-state index contributed by atoms with van der Waals surface area (Å²) in [5.74, 6) is 0. The minimum Gasteiger partial charge on any atom is -0.172 e. The van der Waals surface area contributed by atoms with Gasteiger partial charge >= 0.3 is 0 Å². The van der Waals surface area contributed by atoms with Gasteiger partial charge in [-0.25, -0.2) is 0 Å². The summed E-state index contributed by atoms with van der Waals surface area (Å²) in [4.78, 5) is 5.39. The molecule has 0 fully saturated rings. The van der Waals surface area contributed by atoms with Crippen LogP contribution in [0.1, 0.15) is 0 Å². The summed E-state index contributed by atoms with van der Waals surface area (Å²) < 4.78 is 0. The summed E-state index contributed by atoms with van der Waals surface area (Å²) in [7, 11) is 0. The SMILES string of the molecule is [N-]=[N+]=NN1N=[N+]=N1. The largest absolute Gasteiger partial charge is 0.192 e. The summed E-state index contributed by atoms with van der Waals surface area (Å²) in [5, 5.41) is 9.95. The molecule has 7 heteroatoms. The first-order valence-corrected chi connectivity index (χ1v) is 1.40. The highest BCUT2D eigenvalue weighted by atomic mass is 16.0. The van der Waals surface area contributed by atoms with Crippen LogP contribution in [0.15, 0.2) is 15.7 Å². The molecule has 0 aliphatic carbocycles. The van der Waals surface area contributed by atoms with Crippen molar-refractivity contribution in [1.29, 1.82) is 0 Å². The van der Waals surface area contributed by atoms with Crippen molar-refractivity contribution in [3.63, 3.8) is 0 Å². The average molecular weight is 98.0 g/mol. The molecule has 0 unspecified atom stereocenters. The maximum atomic E-state index is 7.66. The smallest absolute Gasteiger partial charge is 0.172 e. The third kappa shape index (κ3) is 0.470. The van der Waals surface area contributed by atoms with Crippen molar-refractivity contribution in [3.05, 3.63) is 10.4 Å². The van der Waals surface area contributed by atoms with Crippen LogP contribution in [0.4, 0.5) is 0 Å². The van der Waals surface area contributed by atoms with E-state index in [1.807, 2.05) is 0 Å². The van der Waals surface area contributed by atoms with Crippen LogP contribution in [0.25, 0.3) is 10.4 Å². The summed E-state index contributed by atoms with van der Waals surface area (Å²) in [6, 6.07) is 0. The van der Waals surface area contributed by atoms with E-state index in [0.29, 0.717) is 0 Å². The van der Waals surface area contributed by atoms with Crippen LogP contribution in [0.3, 0.4) is 0 Å². The van der Waals surface area contributed by atoms with E-state index >= 15 is 0 Å². The normalized spacial score (nSPS) is 12.9. The summed E-state index contributed by atoms with van der Waals surface area (Å²) in [5.41, 5.74) is 7.66. The first-order valence-electron chi connectivity index (χ1n) is 1.40. The van der Waals surface area contributed by atoms with Gasteiger partial charge in [0.25, 0.3) is 0 Å². The fourth-order valence-electron chi connectivity index (χ4n) is 0.147. The standard InChI is InChI=1S/N7/c1-2-4-7-5-3-6-7/q+1. The van der Waals surface area contributed by atoms with Gasteiger partial charge in [-0.05, 0) is 0 Å². The lowest BCUT2D eigenvalue weighted by atomic mass is 12.0. The van der Waals surface area contributed by atoms with Crippen molar-refractivity contribution in [2.45, 2.75) is 0 Å². The Morgan fingerprint density at radius 1 is 1.71 bits per heavy atom. The Balaban J connectivity index is 2.51. The van der Waals surface area contributed by atoms with E-state index in [1.165, 1.54) is 0 Å². The summed E-state index contributed by atoms with van der Waals surface area (Å²) in [6.07, 6.45) is 0. The molecule has 0 radical (unpaired) electrons. The van der Waals surface area contributed by atoms with Gasteiger partial charge in [0.15, 0.2) is 10.4 Å². The zero-order chi connectivity index (χ0) is 5.11. The number of nitrogens with zero attached hydrogens (tertiary/aromatic N) is 7. The van der Waals surface area contributed by atoms with Crippen molar-refractivity contribution < 1.29 is 0 Å². The van der Waals surface area contributed by atoms with Crippen molar-refractivity contribution in [3.8, 4) is 0 Å². The van der Waals surface area contributed by atoms with Gasteiger partial charge in [-0.2, -0.15) is 4.91 Å². The van der Waals surface area contributed by atoms with Gasteiger partial charge < -0.3 is 0 Å². The van der Waals surface area contributed by atoms with Crippen LogP contribution < -0.4 is 4.91 Å². The Morgan fingerprint density at radius 2 is 2.43 bits per heavy atom. The van der Waals surface area contributed by atoms with Crippen LogP contribution in [-0.4, -0.2) is 5.23 Å². The molecule has 0 spiro atoms. The Bertz CT molecular complexity index is 154. The highest BCUT2D eigenvalue weighted by molar-refractivity contribution is 4.35. The fraction of sp³-hybridized carbons (Fsp3) is 0. The third-order valence-corrected chi connectivity index (χ3v) is 0.360. The fourth-order valence-corrected chi connectivity index (χ4v) is 0.147. The molecule has 0 amide bonds. The zero-order valence-electron chi connectivity index (χ0n) is 3.13. The summed E-state index contributed by atoms with van der Waals surface area (Å²) in [6.45, 7) is 0. The molecular weight excluding hydrogens is 98.0 g/mol. The minimum atomic E-state index is 0.778. The first-order chi connectivity index (χ1) is 3.43. The molecule has 0 atom stereocenters. The number of hydrogen-bond donors (Lipinski definition) is 0. The molecule has 0 aromatic heterocycles. The molecule has 7 heavy (non-hydrogen) atoms. The molecule has 0 aromatic carbocycles. The molecule has 0 saturated heterocycles. The van der Waals surface area contributed by atoms with Crippen LogP contribution in [0.2, 0.25) is 0 Å². The lowest BCUT2D eigenvalue weighted by Gasteiger charge is -1.88.